The number of hydrogen-bond acceptors (Lipinski definition) is 5. The summed E-state index contributed by atoms with van der Waals surface area (Å²) in [6.45, 7) is 0. The van der Waals surface area contributed by atoms with Gasteiger partial charge in [-0.1, -0.05) is 40.9 Å². The van der Waals surface area contributed by atoms with Crippen molar-refractivity contribution in [2.45, 2.75) is 0 Å². The Morgan fingerprint density at radius 1 is 0.844 bits per heavy atom. The SMILES string of the molecule is O=C(NN=Cc1ccc(OC(=O)c2cccc(Cl)c2)cc1)C(=O)Nc1ccc(Cl)c(Cl)c1. The maximum Gasteiger partial charge on any atom is 0.343 e. The highest BCUT2D eigenvalue weighted by molar-refractivity contribution is 6.43. The van der Waals surface area contributed by atoms with Gasteiger partial charge in [0.15, 0.2) is 0 Å². The number of nitrogens with one attached hydrogen (secondary N) is 2. The van der Waals surface area contributed by atoms with E-state index in [1.54, 1.807) is 42.5 Å². The second kappa shape index (κ2) is 10.8. The first-order valence-corrected chi connectivity index (χ1v) is 10.1. The zero-order valence-electron chi connectivity index (χ0n) is 16.1. The van der Waals surface area contributed by atoms with Crippen molar-refractivity contribution >= 4 is 64.5 Å². The maximum atomic E-state index is 12.1. The summed E-state index contributed by atoms with van der Waals surface area (Å²) in [5, 5.41) is 7.10. The number of halogens is 3. The van der Waals surface area contributed by atoms with Crippen molar-refractivity contribution in [1.29, 1.82) is 0 Å². The molecule has 0 spiro atoms. The lowest BCUT2D eigenvalue weighted by molar-refractivity contribution is -0.136. The van der Waals surface area contributed by atoms with Crippen LogP contribution >= 0.6 is 34.8 Å². The van der Waals surface area contributed by atoms with Gasteiger partial charge >= 0.3 is 17.8 Å². The molecule has 0 unspecified atom stereocenters. The van der Waals surface area contributed by atoms with E-state index in [-0.39, 0.29) is 5.02 Å². The third-order valence-corrected chi connectivity index (χ3v) is 4.89. The molecule has 0 saturated carbocycles. The molecule has 7 nitrogen and oxygen atoms in total. The van der Waals surface area contributed by atoms with Crippen LogP contribution in [0, 0.1) is 0 Å². The van der Waals surface area contributed by atoms with Crippen LogP contribution in [-0.2, 0) is 9.59 Å². The van der Waals surface area contributed by atoms with E-state index in [4.69, 9.17) is 39.5 Å². The topological polar surface area (TPSA) is 96.9 Å². The summed E-state index contributed by atoms with van der Waals surface area (Å²) in [6.07, 6.45) is 1.33. The molecule has 2 N–H and O–H groups in total. The Kier molecular flexibility index (Phi) is 7.83. The zero-order chi connectivity index (χ0) is 23.1. The van der Waals surface area contributed by atoms with Crippen LogP contribution in [0.4, 0.5) is 5.69 Å². The Labute approximate surface area is 197 Å². The predicted octanol–water partition coefficient (Wildman–Crippen LogP) is 4.95. The molecule has 0 bridgehead atoms. The van der Waals surface area contributed by atoms with Crippen molar-refractivity contribution < 1.29 is 19.1 Å². The number of hydrogen-bond donors (Lipinski definition) is 2. The van der Waals surface area contributed by atoms with Gasteiger partial charge in [0.25, 0.3) is 0 Å². The first-order chi connectivity index (χ1) is 15.3. The molecule has 3 aromatic carbocycles. The molecule has 0 aromatic heterocycles. The second-order valence-corrected chi connectivity index (χ2v) is 7.50. The highest BCUT2D eigenvalue weighted by Crippen LogP contribution is 2.25. The van der Waals surface area contributed by atoms with E-state index in [1.807, 2.05) is 0 Å². The average molecular weight is 491 g/mol. The fourth-order valence-electron chi connectivity index (χ4n) is 2.38. The molecule has 162 valence electrons. The number of amides is 2. The van der Waals surface area contributed by atoms with Gasteiger partial charge in [0.1, 0.15) is 5.75 Å². The molecule has 0 aliphatic carbocycles. The lowest BCUT2D eigenvalue weighted by Gasteiger charge is -2.05. The molecule has 3 aromatic rings. The Hall–Kier alpha value is -3.39. The van der Waals surface area contributed by atoms with Gasteiger partial charge < -0.3 is 10.1 Å². The van der Waals surface area contributed by atoms with Crippen LogP contribution in [0.1, 0.15) is 15.9 Å². The number of anilines is 1. The molecule has 0 aliphatic rings. The number of nitrogens with zero attached hydrogens (tertiary/aromatic N) is 1. The molecule has 0 saturated heterocycles. The number of rotatable bonds is 5. The normalized spacial score (nSPS) is 10.6. The van der Waals surface area contributed by atoms with E-state index in [2.05, 4.69) is 15.8 Å². The lowest BCUT2D eigenvalue weighted by atomic mass is 10.2. The molecule has 0 heterocycles. The van der Waals surface area contributed by atoms with Crippen molar-refractivity contribution in [1.82, 2.24) is 5.43 Å². The fraction of sp³-hybridized carbons (Fsp3) is 0. The second-order valence-electron chi connectivity index (χ2n) is 6.25. The minimum atomic E-state index is -0.973. The zero-order valence-corrected chi connectivity index (χ0v) is 18.4. The fourth-order valence-corrected chi connectivity index (χ4v) is 2.87. The molecule has 0 atom stereocenters. The Morgan fingerprint density at radius 3 is 2.28 bits per heavy atom. The molecule has 0 radical (unpaired) electrons. The number of ether oxygens (including phenoxy) is 1. The number of esters is 1. The van der Waals surface area contributed by atoms with Crippen LogP contribution in [-0.4, -0.2) is 24.0 Å². The van der Waals surface area contributed by atoms with Crippen molar-refractivity contribution in [2.75, 3.05) is 5.32 Å². The first-order valence-electron chi connectivity index (χ1n) is 8.99. The predicted molar refractivity (Wildman–Crippen MR) is 124 cm³/mol. The van der Waals surface area contributed by atoms with Gasteiger partial charge in [-0.3, -0.25) is 9.59 Å². The molecule has 0 aliphatic heterocycles. The minimum absolute atomic E-state index is 0.240. The third-order valence-electron chi connectivity index (χ3n) is 3.91. The number of carbonyl (C=O) groups excluding carboxylic acids is 3. The summed E-state index contributed by atoms with van der Waals surface area (Å²) < 4.78 is 5.27. The summed E-state index contributed by atoms with van der Waals surface area (Å²) in [7, 11) is 0. The van der Waals surface area contributed by atoms with E-state index in [0.29, 0.717) is 32.6 Å². The van der Waals surface area contributed by atoms with Crippen molar-refractivity contribution in [3.8, 4) is 5.75 Å². The van der Waals surface area contributed by atoms with Gasteiger partial charge in [0.05, 0.1) is 21.8 Å². The summed E-state index contributed by atoms with van der Waals surface area (Å²) in [4.78, 5) is 35.9. The Bertz CT molecular complexity index is 1200. The number of hydrazone groups is 1. The Morgan fingerprint density at radius 2 is 1.59 bits per heavy atom. The summed E-state index contributed by atoms with van der Waals surface area (Å²) >= 11 is 17.5. The Balaban J connectivity index is 1.51. The van der Waals surface area contributed by atoms with E-state index in [9.17, 15) is 14.4 Å². The smallest absolute Gasteiger partial charge is 0.343 e. The van der Waals surface area contributed by atoms with Gasteiger partial charge in [0, 0.05) is 10.7 Å². The molecule has 32 heavy (non-hydrogen) atoms. The molecular formula is C22H14Cl3N3O4. The van der Waals surface area contributed by atoms with E-state index >= 15 is 0 Å². The number of benzene rings is 3. The van der Waals surface area contributed by atoms with Crippen LogP contribution in [0.5, 0.6) is 5.75 Å². The van der Waals surface area contributed by atoms with Crippen LogP contribution in [0.25, 0.3) is 0 Å². The quantitative estimate of drug-likeness (QED) is 0.174. The van der Waals surface area contributed by atoms with Gasteiger partial charge in [-0.05, 0) is 66.2 Å². The summed E-state index contributed by atoms with van der Waals surface area (Å²) in [6, 6.07) is 17.2. The van der Waals surface area contributed by atoms with Crippen molar-refractivity contribution in [3.63, 3.8) is 0 Å². The minimum Gasteiger partial charge on any atom is -0.423 e. The highest BCUT2D eigenvalue weighted by atomic mass is 35.5. The molecular weight excluding hydrogens is 477 g/mol. The van der Waals surface area contributed by atoms with Crippen molar-refractivity contribution in [2.24, 2.45) is 5.10 Å². The molecule has 2 amide bonds. The molecule has 3 rings (SSSR count). The maximum absolute atomic E-state index is 12.1. The number of carbonyl (C=O) groups is 3. The van der Waals surface area contributed by atoms with E-state index < -0.39 is 17.8 Å². The van der Waals surface area contributed by atoms with Crippen LogP contribution in [0.3, 0.4) is 0 Å². The van der Waals surface area contributed by atoms with Crippen LogP contribution < -0.4 is 15.5 Å². The van der Waals surface area contributed by atoms with Gasteiger partial charge in [0.2, 0.25) is 0 Å². The van der Waals surface area contributed by atoms with Crippen molar-refractivity contribution in [3.05, 3.63) is 92.9 Å². The van der Waals surface area contributed by atoms with Gasteiger partial charge in [-0.2, -0.15) is 5.10 Å². The third kappa shape index (κ3) is 6.55. The highest BCUT2D eigenvalue weighted by Gasteiger charge is 2.13. The van der Waals surface area contributed by atoms with Gasteiger partial charge in [-0.25, -0.2) is 10.2 Å². The lowest BCUT2D eigenvalue weighted by Crippen LogP contribution is -2.32. The average Bonchev–Trinajstić information content (AvgIpc) is 2.77. The summed E-state index contributed by atoms with van der Waals surface area (Å²) in [5.74, 6) is -2.13. The molecule has 0 fully saturated rings. The van der Waals surface area contributed by atoms with E-state index in [1.165, 1.54) is 30.5 Å². The largest absolute Gasteiger partial charge is 0.423 e. The van der Waals surface area contributed by atoms with Gasteiger partial charge in [-0.15, -0.1) is 0 Å². The first kappa shape index (κ1) is 23.3. The summed E-state index contributed by atoms with van der Waals surface area (Å²) in [5.41, 5.74) is 3.34. The van der Waals surface area contributed by atoms with Crippen LogP contribution in [0.2, 0.25) is 15.1 Å². The molecule has 10 heteroatoms. The standard InChI is InChI=1S/C22H14Cl3N3O4/c23-15-3-1-2-14(10-15)22(31)32-17-7-4-13(5-8-17)12-26-28-21(30)20(29)27-16-6-9-18(24)19(25)11-16/h1-12H,(H,27,29)(H,28,30). The van der Waals surface area contributed by atoms with Crippen LogP contribution in [0.15, 0.2) is 71.8 Å². The monoisotopic (exact) mass is 489 g/mol. The van der Waals surface area contributed by atoms with E-state index in [0.717, 1.165) is 0 Å².